The van der Waals surface area contributed by atoms with Crippen LogP contribution in [0.25, 0.3) is 0 Å². The molecule has 0 spiro atoms. The summed E-state index contributed by atoms with van der Waals surface area (Å²) < 4.78 is 5.25. The van der Waals surface area contributed by atoms with Crippen molar-refractivity contribution in [1.82, 2.24) is 10.2 Å². The van der Waals surface area contributed by atoms with E-state index < -0.39 is 0 Å². The molecule has 2 saturated heterocycles. The Morgan fingerprint density at radius 3 is 2.77 bits per heavy atom. The fraction of sp³-hybridized carbons (Fsp3) is 0.889. The summed E-state index contributed by atoms with van der Waals surface area (Å²) >= 11 is 0. The molecule has 4 heteroatoms. The quantitative estimate of drug-likeness (QED) is 0.603. The molecule has 74 valence electrons. The van der Waals surface area contributed by atoms with E-state index in [4.69, 9.17) is 4.74 Å². The molecule has 0 saturated carbocycles. The summed E-state index contributed by atoms with van der Waals surface area (Å²) in [7, 11) is 0. The smallest absolute Gasteiger partial charge is 0.242 e. The molecule has 2 heterocycles. The molecule has 0 radical (unpaired) electrons. The minimum absolute atomic E-state index is 0.0909. The van der Waals surface area contributed by atoms with Gasteiger partial charge in [-0.1, -0.05) is 0 Å². The van der Waals surface area contributed by atoms with E-state index in [9.17, 15) is 4.79 Å². The van der Waals surface area contributed by atoms with Gasteiger partial charge in [0.15, 0.2) is 0 Å². The number of hydrogen-bond acceptors (Lipinski definition) is 3. The van der Waals surface area contributed by atoms with Crippen LogP contribution in [-0.4, -0.2) is 49.7 Å². The van der Waals surface area contributed by atoms with Crippen molar-refractivity contribution in [1.29, 1.82) is 0 Å². The lowest BCUT2D eigenvalue weighted by atomic mass is 10.2. The van der Waals surface area contributed by atoms with Crippen LogP contribution in [0.5, 0.6) is 0 Å². The zero-order chi connectivity index (χ0) is 9.10. The average Bonchev–Trinajstić information content (AvgIpc) is 2.71. The van der Waals surface area contributed by atoms with Crippen molar-refractivity contribution in [2.24, 2.45) is 0 Å². The summed E-state index contributed by atoms with van der Waals surface area (Å²) in [6.45, 7) is 3.91. The van der Waals surface area contributed by atoms with Crippen molar-refractivity contribution in [2.75, 3.05) is 32.8 Å². The number of nitrogens with zero attached hydrogens (tertiary/aromatic N) is 1. The molecule has 1 atom stereocenters. The van der Waals surface area contributed by atoms with Crippen LogP contribution in [-0.2, 0) is 9.53 Å². The fourth-order valence-corrected chi connectivity index (χ4v) is 1.88. The predicted molar refractivity (Wildman–Crippen MR) is 48.4 cm³/mol. The highest BCUT2D eigenvalue weighted by molar-refractivity contribution is 5.82. The Morgan fingerprint density at radius 1 is 1.38 bits per heavy atom. The van der Waals surface area contributed by atoms with Gasteiger partial charge in [0.05, 0.1) is 13.2 Å². The van der Waals surface area contributed by atoms with Crippen molar-refractivity contribution < 1.29 is 9.53 Å². The Kier molecular flexibility index (Phi) is 2.80. The molecule has 0 aromatic rings. The van der Waals surface area contributed by atoms with Gasteiger partial charge in [-0.25, -0.2) is 0 Å². The minimum Gasteiger partial charge on any atom is -0.378 e. The van der Waals surface area contributed by atoms with Gasteiger partial charge >= 0.3 is 0 Å². The van der Waals surface area contributed by atoms with E-state index in [-0.39, 0.29) is 11.9 Å². The van der Waals surface area contributed by atoms with Crippen LogP contribution in [0.4, 0.5) is 0 Å². The first-order valence-electron chi connectivity index (χ1n) is 4.98. The van der Waals surface area contributed by atoms with Gasteiger partial charge in [0.2, 0.25) is 5.91 Å². The van der Waals surface area contributed by atoms with Crippen LogP contribution in [0.3, 0.4) is 0 Å². The summed E-state index contributed by atoms with van der Waals surface area (Å²) in [5.41, 5.74) is 0. The van der Waals surface area contributed by atoms with Crippen molar-refractivity contribution in [3.8, 4) is 0 Å². The number of nitrogens with one attached hydrogen (secondary N) is 1. The Balaban J connectivity index is 1.87. The Labute approximate surface area is 78.2 Å². The predicted octanol–water partition coefficient (Wildman–Crippen LogP) is -0.403. The molecule has 1 N–H and O–H groups in total. The molecule has 2 fully saturated rings. The van der Waals surface area contributed by atoms with Gasteiger partial charge in [0.25, 0.3) is 0 Å². The summed E-state index contributed by atoms with van der Waals surface area (Å²) in [6, 6.07) is -0.0909. The number of rotatable bonds is 1. The number of carbonyl (C=O) groups excluding carboxylic acids is 1. The van der Waals surface area contributed by atoms with Crippen LogP contribution in [0.2, 0.25) is 0 Å². The third-order valence-corrected chi connectivity index (χ3v) is 2.64. The number of morpholine rings is 1. The minimum atomic E-state index is -0.0909. The fourth-order valence-electron chi connectivity index (χ4n) is 1.88. The van der Waals surface area contributed by atoms with Crippen LogP contribution in [0.1, 0.15) is 12.8 Å². The van der Waals surface area contributed by atoms with E-state index in [0.717, 1.165) is 39.1 Å². The molecule has 0 unspecified atom stereocenters. The first-order chi connectivity index (χ1) is 6.38. The normalized spacial score (nSPS) is 29.2. The van der Waals surface area contributed by atoms with Crippen LogP contribution in [0.15, 0.2) is 0 Å². The van der Waals surface area contributed by atoms with Crippen molar-refractivity contribution in [3.63, 3.8) is 0 Å². The van der Waals surface area contributed by atoms with E-state index in [2.05, 4.69) is 5.32 Å². The molecular formula is C9H16N2O2. The van der Waals surface area contributed by atoms with Crippen molar-refractivity contribution in [2.45, 2.75) is 18.9 Å². The topological polar surface area (TPSA) is 41.6 Å². The second-order valence-corrected chi connectivity index (χ2v) is 3.61. The molecule has 0 bridgehead atoms. The standard InChI is InChI=1S/C9H16N2O2/c12-9(11-4-1-2-5-11)8-7-13-6-3-10-8/h8,10H,1-7H2/t8-/m0/s1. The highest BCUT2D eigenvalue weighted by Crippen LogP contribution is 2.09. The van der Waals surface area contributed by atoms with E-state index in [1.807, 2.05) is 4.90 Å². The maximum absolute atomic E-state index is 11.8. The van der Waals surface area contributed by atoms with Gasteiger partial charge in [-0.15, -0.1) is 0 Å². The monoisotopic (exact) mass is 184 g/mol. The largest absolute Gasteiger partial charge is 0.378 e. The molecule has 13 heavy (non-hydrogen) atoms. The molecule has 0 aromatic heterocycles. The first kappa shape index (κ1) is 8.97. The van der Waals surface area contributed by atoms with E-state index in [0.29, 0.717) is 6.61 Å². The van der Waals surface area contributed by atoms with E-state index in [1.165, 1.54) is 0 Å². The molecule has 2 aliphatic heterocycles. The highest BCUT2D eigenvalue weighted by atomic mass is 16.5. The summed E-state index contributed by atoms with van der Waals surface area (Å²) in [6.07, 6.45) is 2.30. The van der Waals surface area contributed by atoms with Crippen molar-refractivity contribution >= 4 is 5.91 Å². The Hall–Kier alpha value is -0.610. The first-order valence-corrected chi connectivity index (χ1v) is 4.98. The van der Waals surface area contributed by atoms with E-state index in [1.54, 1.807) is 0 Å². The zero-order valence-electron chi connectivity index (χ0n) is 7.79. The summed E-state index contributed by atoms with van der Waals surface area (Å²) in [4.78, 5) is 13.7. The highest BCUT2D eigenvalue weighted by Gasteiger charge is 2.27. The van der Waals surface area contributed by atoms with Crippen LogP contribution < -0.4 is 5.32 Å². The van der Waals surface area contributed by atoms with E-state index >= 15 is 0 Å². The number of hydrogen-bond donors (Lipinski definition) is 1. The lowest BCUT2D eigenvalue weighted by Crippen LogP contribution is -2.51. The zero-order valence-corrected chi connectivity index (χ0v) is 7.79. The second-order valence-electron chi connectivity index (χ2n) is 3.61. The number of carbonyl (C=O) groups is 1. The van der Waals surface area contributed by atoms with Gasteiger partial charge in [-0.2, -0.15) is 0 Å². The molecule has 0 aliphatic carbocycles. The Bertz CT molecular complexity index is 184. The van der Waals surface area contributed by atoms with Gasteiger partial charge in [-0.05, 0) is 12.8 Å². The molecule has 0 aromatic carbocycles. The number of likely N-dealkylation sites (tertiary alicyclic amines) is 1. The molecular weight excluding hydrogens is 168 g/mol. The SMILES string of the molecule is O=C([C@@H]1COCCN1)N1CCCC1. The van der Waals surface area contributed by atoms with Crippen molar-refractivity contribution in [3.05, 3.63) is 0 Å². The van der Waals surface area contributed by atoms with Gasteiger partial charge in [0, 0.05) is 19.6 Å². The summed E-state index contributed by atoms with van der Waals surface area (Å²) in [5.74, 6) is 0.220. The maximum atomic E-state index is 11.8. The van der Waals surface area contributed by atoms with Crippen LogP contribution >= 0.6 is 0 Å². The van der Waals surface area contributed by atoms with Crippen LogP contribution in [0, 0.1) is 0 Å². The third-order valence-electron chi connectivity index (χ3n) is 2.64. The molecule has 2 rings (SSSR count). The molecule has 4 nitrogen and oxygen atoms in total. The van der Waals surface area contributed by atoms with Gasteiger partial charge in [0.1, 0.15) is 6.04 Å². The lowest BCUT2D eigenvalue weighted by molar-refractivity contribution is -0.135. The maximum Gasteiger partial charge on any atom is 0.242 e. The third kappa shape index (κ3) is 2.00. The Morgan fingerprint density at radius 2 is 2.15 bits per heavy atom. The lowest BCUT2D eigenvalue weighted by Gasteiger charge is -2.27. The molecule has 1 amide bonds. The second kappa shape index (κ2) is 4.07. The number of ether oxygens (including phenoxy) is 1. The summed E-state index contributed by atoms with van der Waals surface area (Å²) in [5, 5.41) is 3.18. The number of amides is 1. The van der Waals surface area contributed by atoms with Gasteiger partial charge < -0.3 is 15.0 Å². The van der Waals surface area contributed by atoms with Gasteiger partial charge in [-0.3, -0.25) is 4.79 Å². The average molecular weight is 184 g/mol. The molecule has 2 aliphatic rings.